The minimum Gasteiger partial charge on any atom is -0.379 e. The van der Waals surface area contributed by atoms with Gasteiger partial charge < -0.3 is 20.3 Å². The summed E-state index contributed by atoms with van der Waals surface area (Å²) in [7, 11) is 1.68. The van der Waals surface area contributed by atoms with Crippen LogP contribution < -0.4 is 15.5 Å². The maximum absolute atomic E-state index is 14.2. The lowest BCUT2D eigenvalue weighted by molar-refractivity contribution is 0.0398. The maximum atomic E-state index is 14.2. The third-order valence-corrected chi connectivity index (χ3v) is 6.48. The van der Waals surface area contributed by atoms with Gasteiger partial charge in [0.1, 0.15) is 45.8 Å². The molecule has 0 atom stereocenters. The third-order valence-electron chi connectivity index (χ3n) is 5.60. The molecule has 3 aromatic heterocycles. The van der Waals surface area contributed by atoms with Crippen molar-refractivity contribution in [2.45, 2.75) is 0 Å². The highest BCUT2D eigenvalue weighted by Gasteiger charge is 2.14. The van der Waals surface area contributed by atoms with Gasteiger partial charge in [-0.3, -0.25) is 4.90 Å². The van der Waals surface area contributed by atoms with Crippen LogP contribution in [-0.2, 0) is 4.74 Å². The fourth-order valence-corrected chi connectivity index (χ4v) is 4.56. The number of fused-ring (bicyclic) bond motifs is 1. The molecule has 9 nitrogen and oxygen atoms in total. The zero-order valence-electron chi connectivity index (χ0n) is 19.0. The maximum Gasteiger partial charge on any atom is 0.190 e. The summed E-state index contributed by atoms with van der Waals surface area (Å²) in [5.74, 6) is 0.575. The molecular weight excluding hydrogens is 474 g/mol. The van der Waals surface area contributed by atoms with E-state index in [1.807, 2.05) is 12.1 Å². The molecule has 0 bridgehead atoms. The van der Waals surface area contributed by atoms with Crippen molar-refractivity contribution < 1.29 is 13.5 Å². The van der Waals surface area contributed by atoms with Gasteiger partial charge in [0.05, 0.1) is 18.9 Å². The highest BCUT2D eigenvalue weighted by molar-refractivity contribution is 7.21. The Labute approximate surface area is 204 Å². The normalized spacial score (nSPS) is 14.3. The quantitative estimate of drug-likeness (QED) is 0.374. The van der Waals surface area contributed by atoms with E-state index < -0.39 is 11.6 Å². The van der Waals surface area contributed by atoms with Gasteiger partial charge in [0.2, 0.25) is 0 Å². The molecule has 1 saturated heterocycles. The van der Waals surface area contributed by atoms with E-state index in [-0.39, 0.29) is 5.69 Å². The summed E-state index contributed by atoms with van der Waals surface area (Å²) in [4.78, 5) is 22.3. The molecule has 182 valence electrons. The number of ether oxygens (including phenoxy) is 1. The lowest BCUT2D eigenvalue weighted by Gasteiger charge is -2.26. The molecule has 0 unspecified atom stereocenters. The van der Waals surface area contributed by atoms with Crippen LogP contribution in [0.15, 0.2) is 42.7 Å². The number of benzene rings is 1. The molecule has 1 aromatic carbocycles. The number of aromatic nitrogens is 4. The van der Waals surface area contributed by atoms with E-state index in [0.29, 0.717) is 27.1 Å². The molecule has 0 saturated carbocycles. The van der Waals surface area contributed by atoms with Crippen molar-refractivity contribution in [2.24, 2.45) is 0 Å². The van der Waals surface area contributed by atoms with Gasteiger partial charge in [0.15, 0.2) is 5.13 Å². The zero-order valence-corrected chi connectivity index (χ0v) is 19.9. The van der Waals surface area contributed by atoms with Crippen LogP contribution in [0.2, 0.25) is 0 Å². The van der Waals surface area contributed by atoms with E-state index in [4.69, 9.17) is 4.74 Å². The molecule has 1 aliphatic heterocycles. The van der Waals surface area contributed by atoms with Crippen molar-refractivity contribution in [3.05, 3.63) is 54.4 Å². The van der Waals surface area contributed by atoms with Gasteiger partial charge in [0, 0.05) is 45.4 Å². The Kier molecular flexibility index (Phi) is 6.93. The first kappa shape index (κ1) is 23.3. The summed E-state index contributed by atoms with van der Waals surface area (Å²) in [5, 5.41) is 7.15. The average Bonchev–Trinajstić information content (AvgIpc) is 3.26. The summed E-state index contributed by atoms with van der Waals surface area (Å²) in [6, 6.07) is 8.85. The van der Waals surface area contributed by atoms with Crippen LogP contribution in [0.25, 0.3) is 10.3 Å². The van der Waals surface area contributed by atoms with Gasteiger partial charge >= 0.3 is 0 Å². The Morgan fingerprint density at radius 3 is 2.71 bits per heavy atom. The van der Waals surface area contributed by atoms with Crippen molar-refractivity contribution in [1.82, 2.24) is 24.8 Å². The minimum absolute atomic E-state index is 0.232. The van der Waals surface area contributed by atoms with Gasteiger partial charge in [0.25, 0.3) is 0 Å². The van der Waals surface area contributed by atoms with E-state index in [1.165, 1.54) is 29.8 Å². The van der Waals surface area contributed by atoms with Crippen LogP contribution in [0.3, 0.4) is 0 Å². The SMILES string of the molecule is CN(c1ccc2nc(Nc3cc(NCCN4CCOCC4)ncn3)sc2n1)c1ccc(F)cc1F. The van der Waals surface area contributed by atoms with Crippen molar-refractivity contribution >= 4 is 50.0 Å². The molecule has 35 heavy (non-hydrogen) atoms. The molecule has 4 aromatic rings. The number of rotatable bonds is 8. The standard InChI is InChI=1S/C23H24F2N8OS/c1-32(18-4-2-15(24)12-16(18)25)21-5-3-17-22(31-21)35-23(29-17)30-20-13-19(27-14-28-20)26-6-7-33-8-10-34-11-9-33/h2-5,12-14H,6-11H2,1H3,(H2,26,27,28,29,30). The first-order chi connectivity index (χ1) is 17.0. The Bertz CT molecular complexity index is 1310. The summed E-state index contributed by atoms with van der Waals surface area (Å²) in [6.07, 6.45) is 1.50. The first-order valence-corrected chi connectivity index (χ1v) is 12.0. The number of anilines is 5. The Morgan fingerprint density at radius 1 is 1.06 bits per heavy atom. The predicted octanol–water partition coefficient (Wildman–Crippen LogP) is 4.02. The van der Waals surface area contributed by atoms with Crippen LogP contribution in [0.1, 0.15) is 0 Å². The first-order valence-electron chi connectivity index (χ1n) is 11.1. The van der Waals surface area contributed by atoms with Crippen LogP contribution in [-0.4, -0.2) is 71.3 Å². The zero-order chi connectivity index (χ0) is 24.2. The Balaban J connectivity index is 1.25. The van der Waals surface area contributed by atoms with Crippen molar-refractivity contribution in [3.63, 3.8) is 0 Å². The van der Waals surface area contributed by atoms with Gasteiger partial charge in [-0.25, -0.2) is 28.7 Å². The average molecular weight is 499 g/mol. The van der Waals surface area contributed by atoms with Crippen molar-refractivity contribution in [3.8, 4) is 0 Å². The molecule has 4 heterocycles. The molecule has 2 N–H and O–H groups in total. The van der Waals surface area contributed by atoms with Gasteiger partial charge in [-0.05, 0) is 24.3 Å². The third kappa shape index (κ3) is 5.61. The van der Waals surface area contributed by atoms with Crippen molar-refractivity contribution in [2.75, 3.05) is 62.0 Å². The highest BCUT2D eigenvalue weighted by atomic mass is 32.1. The summed E-state index contributed by atoms with van der Waals surface area (Å²) in [5.41, 5.74) is 0.933. The summed E-state index contributed by atoms with van der Waals surface area (Å²) < 4.78 is 32.8. The molecule has 12 heteroatoms. The molecule has 1 fully saturated rings. The summed E-state index contributed by atoms with van der Waals surface area (Å²) >= 11 is 1.35. The Hall–Kier alpha value is -3.48. The highest BCUT2D eigenvalue weighted by Crippen LogP contribution is 2.31. The van der Waals surface area contributed by atoms with Crippen LogP contribution in [0.5, 0.6) is 0 Å². The molecule has 5 rings (SSSR count). The lowest BCUT2D eigenvalue weighted by Crippen LogP contribution is -2.39. The lowest BCUT2D eigenvalue weighted by atomic mass is 10.2. The van der Waals surface area contributed by atoms with Gasteiger partial charge in [-0.2, -0.15) is 0 Å². The van der Waals surface area contributed by atoms with E-state index >= 15 is 0 Å². The minimum atomic E-state index is -0.654. The number of thiazole rings is 1. The number of hydrogen-bond acceptors (Lipinski definition) is 10. The number of halogens is 2. The monoisotopic (exact) mass is 498 g/mol. The van der Waals surface area contributed by atoms with Crippen LogP contribution in [0.4, 0.5) is 37.1 Å². The van der Waals surface area contributed by atoms with Gasteiger partial charge in [-0.15, -0.1) is 0 Å². The van der Waals surface area contributed by atoms with Crippen molar-refractivity contribution in [1.29, 1.82) is 0 Å². The van der Waals surface area contributed by atoms with E-state index in [0.717, 1.165) is 51.3 Å². The second kappa shape index (κ2) is 10.4. The van der Waals surface area contributed by atoms with E-state index in [2.05, 4.69) is 35.5 Å². The number of nitrogens with one attached hydrogen (secondary N) is 2. The molecule has 0 spiro atoms. The second-order valence-electron chi connectivity index (χ2n) is 7.96. The molecule has 0 amide bonds. The molecule has 0 radical (unpaired) electrons. The smallest absolute Gasteiger partial charge is 0.190 e. The number of pyridine rings is 1. The number of hydrogen-bond donors (Lipinski definition) is 2. The fraction of sp³-hybridized carbons (Fsp3) is 0.304. The Morgan fingerprint density at radius 2 is 1.89 bits per heavy atom. The van der Waals surface area contributed by atoms with E-state index in [9.17, 15) is 8.78 Å². The second-order valence-corrected chi connectivity index (χ2v) is 8.94. The number of morpholine rings is 1. The van der Waals surface area contributed by atoms with Gasteiger partial charge in [-0.1, -0.05) is 11.3 Å². The summed E-state index contributed by atoms with van der Waals surface area (Å²) in [6.45, 7) is 5.13. The van der Waals surface area contributed by atoms with Crippen LogP contribution >= 0.6 is 11.3 Å². The fourth-order valence-electron chi connectivity index (χ4n) is 3.72. The molecular formula is C23H24F2N8OS. The molecule has 0 aliphatic carbocycles. The largest absolute Gasteiger partial charge is 0.379 e. The predicted molar refractivity (Wildman–Crippen MR) is 133 cm³/mol. The van der Waals surface area contributed by atoms with Crippen LogP contribution in [0, 0.1) is 11.6 Å². The molecule has 1 aliphatic rings. The topological polar surface area (TPSA) is 91.3 Å². The van der Waals surface area contributed by atoms with E-state index in [1.54, 1.807) is 18.0 Å². The number of nitrogens with zero attached hydrogens (tertiary/aromatic N) is 6.